The fourth-order valence-corrected chi connectivity index (χ4v) is 2.95. The number of hydrogen-bond acceptors (Lipinski definition) is 2. The zero-order valence-corrected chi connectivity index (χ0v) is 12.0. The van der Waals surface area contributed by atoms with Crippen molar-refractivity contribution in [2.24, 2.45) is 11.8 Å². The first-order valence-corrected chi connectivity index (χ1v) is 7.32. The highest BCUT2D eigenvalue weighted by Crippen LogP contribution is 2.28. The largest absolute Gasteiger partial charge is 0.481 e. The number of rotatable bonds is 5. The van der Waals surface area contributed by atoms with Crippen LogP contribution in [0.15, 0.2) is 18.2 Å². The van der Waals surface area contributed by atoms with E-state index in [1.807, 2.05) is 0 Å². The van der Waals surface area contributed by atoms with Gasteiger partial charge < -0.3 is 10.4 Å². The molecule has 0 saturated heterocycles. The number of carboxylic acid groups (broad SMARTS) is 1. The number of nitrogens with one attached hydrogen (secondary N) is 1. The molecule has 0 spiro atoms. The van der Waals surface area contributed by atoms with Gasteiger partial charge >= 0.3 is 5.97 Å². The number of hydrogen-bond donors (Lipinski definition) is 2. The predicted molar refractivity (Wildman–Crippen MR) is 76.2 cm³/mol. The monoisotopic (exact) mass is 299 g/mol. The maximum atomic E-state index is 13.6. The van der Waals surface area contributed by atoms with Gasteiger partial charge in [0, 0.05) is 17.1 Å². The van der Waals surface area contributed by atoms with Gasteiger partial charge in [-0.05, 0) is 50.3 Å². The van der Waals surface area contributed by atoms with Crippen LogP contribution in [0.3, 0.4) is 0 Å². The van der Waals surface area contributed by atoms with Crippen molar-refractivity contribution < 1.29 is 14.3 Å². The Morgan fingerprint density at radius 2 is 2.05 bits per heavy atom. The number of halogens is 2. The van der Waals surface area contributed by atoms with E-state index in [4.69, 9.17) is 16.7 Å². The van der Waals surface area contributed by atoms with Crippen LogP contribution in [0.2, 0.25) is 5.02 Å². The average molecular weight is 300 g/mol. The summed E-state index contributed by atoms with van der Waals surface area (Å²) < 4.78 is 13.6. The highest BCUT2D eigenvalue weighted by Gasteiger charge is 2.25. The molecule has 3 nitrogen and oxygen atoms in total. The molecule has 2 N–H and O–H groups in total. The molecule has 1 fully saturated rings. The Balaban J connectivity index is 1.76. The molecule has 110 valence electrons. The lowest BCUT2D eigenvalue weighted by Crippen LogP contribution is -2.28. The summed E-state index contributed by atoms with van der Waals surface area (Å²) in [7, 11) is 0. The van der Waals surface area contributed by atoms with Crippen molar-refractivity contribution in [3.8, 4) is 0 Å². The quantitative estimate of drug-likeness (QED) is 0.875. The van der Waals surface area contributed by atoms with E-state index < -0.39 is 5.97 Å². The molecule has 0 unspecified atom stereocenters. The lowest BCUT2D eigenvalue weighted by molar-refractivity contribution is -0.143. The molecular formula is C15H19ClFNO2. The lowest BCUT2D eigenvalue weighted by Gasteiger charge is -2.26. The molecule has 1 aliphatic carbocycles. The zero-order chi connectivity index (χ0) is 14.5. The van der Waals surface area contributed by atoms with Gasteiger partial charge in [0.15, 0.2) is 0 Å². The Bertz CT molecular complexity index is 453. The normalized spacial score (nSPS) is 22.7. The number of benzene rings is 1. The Morgan fingerprint density at radius 1 is 1.35 bits per heavy atom. The lowest BCUT2D eigenvalue weighted by atomic mass is 9.82. The van der Waals surface area contributed by atoms with Crippen molar-refractivity contribution in [1.29, 1.82) is 0 Å². The summed E-state index contributed by atoms with van der Waals surface area (Å²) >= 11 is 5.96. The number of carboxylic acids is 1. The van der Waals surface area contributed by atoms with Crippen molar-refractivity contribution in [3.63, 3.8) is 0 Å². The third-order valence-electron chi connectivity index (χ3n) is 3.99. The van der Waals surface area contributed by atoms with Crippen LogP contribution in [0.1, 0.15) is 31.2 Å². The second-order valence-electron chi connectivity index (χ2n) is 5.39. The number of carbonyl (C=O) groups is 1. The Hall–Kier alpha value is -1.13. The van der Waals surface area contributed by atoms with Gasteiger partial charge in [-0.2, -0.15) is 0 Å². The summed E-state index contributed by atoms with van der Waals surface area (Å²) in [5, 5.41) is 12.6. The summed E-state index contributed by atoms with van der Waals surface area (Å²) in [6, 6.07) is 4.68. The van der Waals surface area contributed by atoms with E-state index in [9.17, 15) is 9.18 Å². The fraction of sp³-hybridized carbons (Fsp3) is 0.533. The minimum atomic E-state index is -0.686. The predicted octanol–water partition coefficient (Wildman–Crippen LogP) is 3.46. The average Bonchev–Trinajstić information content (AvgIpc) is 2.42. The van der Waals surface area contributed by atoms with Crippen molar-refractivity contribution in [1.82, 2.24) is 5.32 Å². The minimum Gasteiger partial charge on any atom is -0.481 e. The van der Waals surface area contributed by atoms with E-state index in [0.29, 0.717) is 23.0 Å². The van der Waals surface area contributed by atoms with Crippen LogP contribution in [0.25, 0.3) is 0 Å². The zero-order valence-electron chi connectivity index (χ0n) is 11.2. The molecule has 1 aromatic rings. The molecule has 20 heavy (non-hydrogen) atoms. The van der Waals surface area contributed by atoms with Crippen LogP contribution < -0.4 is 5.32 Å². The molecule has 0 bridgehead atoms. The van der Waals surface area contributed by atoms with Gasteiger partial charge in [-0.25, -0.2) is 4.39 Å². The molecule has 2 rings (SSSR count). The van der Waals surface area contributed by atoms with Crippen LogP contribution in [-0.2, 0) is 11.3 Å². The maximum absolute atomic E-state index is 13.6. The van der Waals surface area contributed by atoms with Crippen molar-refractivity contribution in [2.45, 2.75) is 32.2 Å². The molecule has 0 radical (unpaired) electrons. The van der Waals surface area contributed by atoms with Crippen molar-refractivity contribution in [3.05, 3.63) is 34.6 Å². The third-order valence-corrected chi connectivity index (χ3v) is 4.35. The number of aliphatic carboxylic acids is 1. The van der Waals surface area contributed by atoms with Crippen molar-refractivity contribution >= 4 is 17.6 Å². The van der Waals surface area contributed by atoms with Gasteiger partial charge in [-0.3, -0.25) is 4.79 Å². The van der Waals surface area contributed by atoms with Crippen molar-refractivity contribution in [2.75, 3.05) is 6.54 Å². The van der Waals surface area contributed by atoms with Gasteiger partial charge in [0.1, 0.15) is 5.82 Å². The van der Waals surface area contributed by atoms with Gasteiger partial charge in [0.05, 0.1) is 5.92 Å². The summed E-state index contributed by atoms with van der Waals surface area (Å²) in [5.41, 5.74) is 0.494. The summed E-state index contributed by atoms with van der Waals surface area (Å²) in [5.74, 6) is -0.697. The van der Waals surface area contributed by atoms with Gasteiger partial charge in [-0.1, -0.05) is 17.7 Å². The van der Waals surface area contributed by atoms with Crippen LogP contribution in [0.5, 0.6) is 0 Å². The second kappa shape index (κ2) is 7.04. The Kier molecular flexibility index (Phi) is 5.38. The van der Waals surface area contributed by atoms with E-state index in [1.54, 1.807) is 12.1 Å². The third kappa shape index (κ3) is 3.93. The van der Waals surface area contributed by atoms with Crippen LogP contribution in [-0.4, -0.2) is 17.6 Å². The maximum Gasteiger partial charge on any atom is 0.306 e. The van der Waals surface area contributed by atoms with Gasteiger partial charge in [0.25, 0.3) is 0 Å². The van der Waals surface area contributed by atoms with Gasteiger partial charge in [-0.15, -0.1) is 0 Å². The highest BCUT2D eigenvalue weighted by molar-refractivity contribution is 6.31. The highest BCUT2D eigenvalue weighted by atomic mass is 35.5. The molecule has 1 aliphatic rings. The van der Waals surface area contributed by atoms with Gasteiger partial charge in [0.2, 0.25) is 0 Å². The molecule has 0 heterocycles. The smallest absolute Gasteiger partial charge is 0.306 e. The van der Waals surface area contributed by atoms with E-state index in [1.165, 1.54) is 6.07 Å². The molecule has 0 aromatic heterocycles. The first-order valence-electron chi connectivity index (χ1n) is 6.94. The molecule has 0 atom stereocenters. The molecule has 1 saturated carbocycles. The molecular weight excluding hydrogens is 281 g/mol. The standard InChI is InChI=1S/C15H19ClFNO2/c16-13-2-1-3-14(17)12(13)9-18-8-10-4-6-11(7-5-10)15(19)20/h1-3,10-11,18H,4-9H2,(H,19,20). The topological polar surface area (TPSA) is 49.3 Å². The van der Waals surface area contributed by atoms with E-state index in [0.717, 1.165) is 32.2 Å². The summed E-state index contributed by atoms with van der Waals surface area (Å²) in [4.78, 5) is 10.9. The molecule has 0 amide bonds. The van der Waals surface area contributed by atoms with E-state index in [-0.39, 0.29) is 11.7 Å². The molecule has 1 aromatic carbocycles. The minimum absolute atomic E-state index is 0.188. The Labute approximate surface area is 123 Å². The van der Waals surface area contributed by atoms with Crippen LogP contribution in [0.4, 0.5) is 4.39 Å². The van der Waals surface area contributed by atoms with E-state index in [2.05, 4.69) is 5.32 Å². The van der Waals surface area contributed by atoms with Crippen LogP contribution in [0, 0.1) is 17.7 Å². The van der Waals surface area contributed by atoms with E-state index >= 15 is 0 Å². The first kappa shape index (κ1) is 15.3. The SMILES string of the molecule is O=C(O)C1CCC(CNCc2c(F)cccc2Cl)CC1. The molecule has 5 heteroatoms. The fourth-order valence-electron chi connectivity index (χ4n) is 2.72. The van der Waals surface area contributed by atoms with Crippen LogP contribution >= 0.6 is 11.6 Å². The molecule has 0 aliphatic heterocycles. The Morgan fingerprint density at radius 3 is 2.65 bits per heavy atom. The summed E-state index contributed by atoms with van der Waals surface area (Å²) in [6.45, 7) is 1.18. The summed E-state index contributed by atoms with van der Waals surface area (Å²) in [6.07, 6.45) is 3.30. The first-order chi connectivity index (χ1) is 9.58. The second-order valence-corrected chi connectivity index (χ2v) is 5.79.